The molecule has 0 spiro atoms. The molecule has 0 aliphatic heterocycles. The second-order valence-corrected chi connectivity index (χ2v) is 8.70. The molecule has 0 aliphatic rings. The largest absolute Gasteiger partial charge is 0.508 e. The Morgan fingerprint density at radius 3 is 1.53 bits per heavy atom. The van der Waals surface area contributed by atoms with E-state index in [1.165, 1.54) is 52.7 Å². The van der Waals surface area contributed by atoms with Gasteiger partial charge in [-0.15, -0.1) is 0 Å². The van der Waals surface area contributed by atoms with Crippen LogP contribution in [0.4, 0.5) is 0 Å². The lowest BCUT2D eigenvalue weighted by atomic mass is 10.1. The van der Waals surface area contributed by atoms with Crippen molar-refractivity contribution in [3.05, 3.63) is 71.8 Å². The van der Waals surface area contributed by atoms with Crippen LogP contribution in [0.1, 0.15) is 11.1 Å². The number of nitrogens with zero attached hydrogens (tertiary/aromatic N) is 1. The van der Waals surface area contributed by atoms with Crippen LogP contribution in [0.2, 0.25) is 0 Å². The van der Waals surface area contributed by atoms with E-state index in [0.29, 0.717) is 34.1 Å². The van der Waals surface area contributed by atoms with E-state index in [1.54, 1.807) is 36.4 Å². The summed E-state index contributed by atoms with van der Waals surface area (Å²) in [5, 5.41) is 9.49. The minimum Gasteiger partial charge on any atom is -0.508 e. The predicted molar refractivity (Wildman–Crippen MR) is 126 cm³/mol. The smallest absolute Gasteiger partial charge is 0.385 e. The molecule has 0 aromatic heterocycles. The number of methoxy groups -OCH3 is 4. The zero-order valence-corrected chi connectivity index (χ0v) is 20.2. The first-order valence-corrected chi connectivity index (χ1v) is 11.6. The maximum absolute atomic E-state index is 13.3. The van der Waals surface area contributed by atoms with E-state index in [2.05, 4.69) is 0 Å². The van der Waals surface area contributed by atoms with Crippen LogP contribution in [0, 0.1) is 0 Å². The summed E-state index contributed by atoms with van der Waals surface area (Å²) in [5.41, 5.74) is 1.21. The number of phenols is 1. The quantitative estimate of drug-likeness (QED) is 0.434. The average molecular weight is 490 g/mol. The van der Waals surface area contributed by atoms with Gasteiger partial charge in [0.15, 0.2) is 0 Å². The third kappa shape index (κ3) is 6.03. The maximum Gasteiger partial charge on any atom is 0.385 e. The molecule has 0 heterocycles. The molecule has 0 radical (unpaired) electrons. The van der Waals surface area contributed by atoms with Gasteiger partial charge in [0.1, 0.15) is 34.5 Å². The molecule has 0 unspecified atom stereocenters. The Balaban J connectivity index is 2.00. The summed E-state index contributed by atoms with van der Waals surface area (Å²) >= 11 is 0. The van der Waals surface area contributed by atoms with Gasteiger partial charge in [0.25, 0.3) is 0 Å². The summed E-state index contributed by atoms with van der Waals surface area (Å²) in [6.07, 6.45) is 0. The van der Waals surface area contributed by atoms with Gasteiger partial charge in [0.2, 0.25) is 0 Å². The molecule has 1 N–H and O–H groups in total. The van der Waals surface area contributed by atoms with Crippen LogP contribution in [-0.2, 0) is 23.4 Å². The average Bonchev–Trinajstić information content (AvgIpc) is 2.85. The molecular formula is C24H27NO8S. The van der Waals surface area contributed by atoms with Crippen LogP contribution >= 0.6 is 0 Å². The van der Waals surface area contributed by atoms with Crippen LogP contribution in [-0.4, -0.2) is 46.3 Å². The molecule has 34 heavy (non-hydrogen) atoms. The first-order valence-electron chi connectivity index (χ1n) is 10.2. The van der Waals surface area contributed by atoms with E-state index in [0.717, 1.165) is 4.31 Å². The summed E-state index contributed by atoms with van der Waals surface area (Å²) in [6.45, 7) is -0.106. The van der Waals surface area contributed by atoms with Crippen LogP contribution in [0.3, 0.4) is 0 Å². The predicted octanol–water partition coefficient (Wildman–Crippen LogP) is 3.75. The summed E-state index contributed by atoms with van der Waals surface area (Å²) in [6, 6.07) is 15.7. The standard InChI is InChI=1S/C24H27NO8S/c1-29-21-9-5-17(23(13-21)31-3)15-25(16-18-6-10-22(30-2)14-24(18)32-4)34(27,28)33-20-11-7-19(26)8-12-20/h5-14,26H,15-16H2,1-4H3. The number of phenolic OH excluding ortho intramolecular Hbond substituents is 1. The molecule has 0 fully saturated rings. The van der Waals surface area contributed by atoms with Crippen molar-refractivity contribution in [1.82, 2.24) is 4.31 Å². The molecule has 182 valence electrons. The molecular weight excluding hydrogens is 462 g/mol. The molecule has 3 rings (SSSR count). The van der Waals surface area contributed by atoms with Gasteiger partial charge >= 0.3 is 10.3 Å². The SMILES string of the molecule is COc1ccc(CN(Cc2ccc(OC)cc2OC)S(=O)(=O)Oc2ccc(O)cc2)c(OC)c1. The number of hydrogen-bond acceptors (Lipinski definition) is 8. The molecule has 0 atom stereocenters. The second-order valence-electron chi connectivity index (χ2n) is 7.16. The highest BCUT2D eigenvalue weighted by Gasteiger charge is 2.27. The lowest BCUT2D eigenvalue weighted by Gasteiger charge is -2.24. The van der Waals surface area contributed by atoms with Crippen LogP contribution < -0.4 is 23.1 Å². The zero-order valence-electron chi connectivity index (χ0n) is 19.3. The van der Waals surface area contributed by atoms with Crippen LogP contribution in [0.15, 0.2) is 60.7 Å². The topological polar surface area (TPSA) is 104 Å². The van der Waals surface area contributed by atoms with Crippen LogP contribution in [0.5, 0.6) is 34.5 Å². The summed E-state index contributed by atoms with van der Waals surface area (Å²) < 4.78 is 54.6. The number of hydrogen-bond donors (Lipinski definition) is 1. The van der Waals surface area contributed by atoms with Crippen molar-refractivity contribution in [2.75, 3.05) is 28.4 Å². The first kappa shape index (κ1) is 25.0. The molecule has 3 aromatic carbocycles. The number of benzene rings is 3. The summed E-state index contributed by atoms with van der Waals surface area (Å²) in [5.74, 6) is 2.13. The lowest BCUT2D eigenvalue weighted by Crippen LogP contribution is -2.34. The van der Waals surface area contributed by atoms with E-state index in [4.69, 9.17) is 23.1 Å². The van der Waals surface area contributed by atoms with Gasteiger partial charge in [0, 0.05) is 36.3 Å². The first-order chi connectivity index (χ1) is 16.3. The minimum atomic E-state index is -4.29. The molecule has 10 heteroatoms. The van der Waals surface area contributed by atoms with Gasteiger partial charge in [-0.25, -0.2) is 0 Å². The van der Waals surface area contributed by atoms with Crippen molar-refractivity contribution < 1.29 is 36.7 Å². The van der Waals surface area contributed by atoms with Gasteiger partial charge < -0.3 is 28.2 Å². The third-order valence-corrected chi connectivity index (χ3v) is 6.33. The van der Waals surface area contributed by atoms with Crippen molar-refractivity contribution in [1.29, 1.82) is 0 Å². The Hall–Kier alpha value is -3.63. The minimum absolute atomic E-state index is 0.00691. The molecule has 0 amide bonds. The van der Waals surface area contributed by atoms with Gasteiger partial charge in [0.05, 0.1) is 28.4 Å². The Morgan fingerprint density at radius 1 is 0.676 bits per heavy atom. The van der Waals surface area contributed by atoms with Crippen molar-refractivity contribution in [3.63, 3.8) is 0 Å². The van der Waals surface area contributed by atoms with E-state index < -0.39 is 10.3 Å². The van der Waals surface area contributed by atoms with Gasteiger partial charge in [-0.2, -0.15) is 12.7 Å². The lowest BCUT2D eigenvalue weighted by molar-refractivity contribution is 0.329. The molecule has 0 bridgehead atoms. The van der Waals surface area contributed by atoms with E-state index >= 15 is 0 Å². The highest BCUT2D eigenvalue weighted by atomic mass is 32.2. The van der Waals surface area contributed by atoms with Crippen molar-refractivity contribution in [2.24, 2.45) is 0 Å². The summed E-state index contributed by atoms with van der Waals surface area (Å²) in [7, 11) is 1.77. The Bertz CT molecular complexity index is 1150. The van der Waals surface area contributed by atoms with Crippen LogP contribution in [0.25, 0.3) is 0 Å². The van der Waals surface area contributed by atoms with E-state index in [9.17, 15) is 13.5 Å². The number of aromatic hydroxyl groups is 1. The van der Waals surface area contributed by atoms with E-state index in [1.807, 2.05) is 0 Å². The van der Waals surface area contributed by atoms with Crippen molar-refractivity contribution in [3.8, 4) is 34.5 Å². The van der Waals surface area contributed by atoms with E-state index in [-0.39, 0.29) is 24.6 Å². The zero-order chi connectivity index (χ0) is 24.7. The molecule has 0 saturated carbocycles. The van der Waals surface area contributed by atoms with Gasteiger partial charge in [-0.3, -0.25) is 0 Å². The third-order valence-electron chi connectivity index (χ3n) is 5.04. The van der Waals surface area contributed by atoms with Gasteiger partial charge in [-0.05, 0) is 36.4 Å². The Morgan fingerprint density at radius 2 is 1.12 bits per heavy atom. The highest BCUT2D eigenvalue weighted by molar-refractivity contribution is 7.84. The monoisotopic (exact) mass is 489 g/mol. The molecule has 0 saturated heterocycles. The Labute approximate surface area is 199 Å². The molecule has 9 nitrogen and oxygen atoms in total. The normalized spacial score (nSPS) is 11.2. The fourth-order valence-corrected chi connectivity index (χ4v) is 4.29. The fraction of sp³-hybridized carbons (Fsp3) is 0.250. The number of rotatable bonds is 11. The Kier molecular flexibility index (Phi) is 8.08. The van der Waals surface area contributed by atoms with Crippen molar-refractivity contribution >= 4 is 10.3 Å². The fourth-order valence-electron chi connectivity index (χ4n) is 3.23. The number of ether oxygens (including phenoxy) is 4. The molecule has 0 aliphatic carbocycles. The van der Waals surface area contributed by atoms with Crippen molar-refractivity contribution in [2.45, 2.75) is 13.1 Å². The highest BCUT2D eigenvalue weighted by Crippen LogP contribution is 2.31. The maximum atomic E-state index is 13.3. The van der Waals surface area contributed by atoms with Gasteiger partial charge in [-0.1, -0.05) is 12.1 Å². The summed E-state index contributed by atoms with van der Waals surface area (Å²) in [4.78, 5) is 0. The molecule has 3 aromatic rings. The second kappa shape index (κ2) is 11.0.